The van der Waals surface area contributed by atoms with Crippen molar-refractivity contribution in [3.05, 3.63) is 53.7 Å². The largest absolute Gasteiger partial charge is 0.457 e. The van der Waals surface area contributed by atoms with Crippen LogP contribution in [0, 0.1) is 0 Å². The topological polar surface area (TPSA) is 66.2 Å². The van der Waals surface area contributed by atoms with Crippen molar-refractivity contribution in [1.29, 1.82) is 0 Å². The van der Waals surface area contributed by atoms with Crippen molar-refractivity contribution in [2.45, 2.75) is 18.9 Å². The van der Waals surface area contributed by atoms with Gasteiger partial charge in [0, 0.05) is 6.61 Å². The second kappa shape index (κ2) is 7.16. The van der Waals surface area contributed by atoms with E-state index in [1.54, 1.807) is 16.0 Å². The standard InChI is InChI=1S/C18H17N3O3S/c22-18(24-12-14-8-4-10-23-14)16-19-17(15-9-5-11-25-15)21(20-16)13-6-2-1-3-7-13/h1-3,5-7,9,11,14H,4,8,10,12H2/t14-/m0/s1. The van der Waals surface area contributed by atoms with Crippen molar-refractivity contribution in [2.24, 2.45) is 0 Å². The number of ether oxygens (including phenoxy) is 2. The van der Waals surface area contributed by atoms with E-state index in [0.29, 0.717) is 5.82 Å². The number of hydrogen-bond acceptors (Lipinski definition) is 6. The normalized spacial score (nSPS) is 16.9. The third-order valence-electron chi connectivity index (χ3n) is 3.96. The number of rotatable bonds is 5. The van der Waals surface area contributed by atoms with Gasteiger partial charge in [-0.25, -0.2) is 9.48 Å². The van der Waals surface area contributed by atoms with Crippen LogP contribution in [0.4, 0.5) is 0 Å². The van der Waals surface area contributed by atoms with Crippen LogP contribution >= 0.6 is 11.3 Å². The van der Waals surface area contributed by atoms with Crippen LogP contribution in [0.3, 0.4) is 0 Å². The van der Waals surface area contributed by atoms with Crippen molar-refractivity contribution in [1.82, 2.24) is 14.8 Å². The molecule has 6 nitrogen and oxygen atoms in total. The monoisotopic (exact) mass is 355 g/mol. The molecule has 7 heteroatoms. The van der Waals surface area contributed by atoms with E-state index in [9.17, 15) is 4.79 Å². The molecule has 0 amide bonds. The molecule has 0 aliphatic carbocycles. The molecule has 0 saturated carbocycles. The maximum atomic E-state index is 12.4. The molecule has 1 atom stereocenters. The molecule has 3 heterocycles. The van der Waals surface area contributed by atoms with Gasteiger partial charge in [-0.1, -0.05) is 24.3 Å². The number of hydrogen-bond donors (Lipinski definition) is 0. The van der Waals surface area contributed by atoms with Gasteiger partial charge in [-0.05, 0) is 36.4 Å². The van der Waals surface area contributed by atoms with Crippen molar-refractivity contribution in [3.8, 4) is 16.4 Å². The molecule has 25 heavy (non-hydrogen) atoms. The summed E-state index contributed by atoms with van der Waals surface area (Å²) >= 11 is 1.55. The highest BCUT2D eigenvalue weighted by Crippen LogP contribution is 2.25. The summed E-state index contributed by atoms with van der Waals surface area (Å²) in [6, 6.07) is 13.5. The van der Waals surface area contributed by atoms with Crippen molar-refractivity contribution in [3.63, 3.8) is 0 Å². The third kappa shape index (κ3) is 3.47. The zero-order valence-corrected chi connectivity index (χ0v) is 14.3. The highest BCUT2D eigenvalue weighted by atomic mass is 32.1. The van der Waals surface area contributed by atoms with E-state index in [1.807, 2.05) is 47.8 Å². The van der Waals surface area contributed by atoms with E-state index in [1.165, 1.54) is 0 Å². The Labute approximate surface area is 149 Å². The number of nitrogens with zero attached hydrogens (tertiary/aromatic N) is 3. The van der Waals surface area contributed by atoms with E-state index >= 15 is 0 Å². The smallest absolute Gasteiger partial charge is 0.378 e. The van der Waals surface area contributed by atoms with Gasteiger partial charge in [0.05, 0.1) is 16.7 Å². The summed E-state index contributed by atoms with van der Waals surface area (Å²) in [5.74, 6) is 0.165. The van der Waals surface area contributed by atoms with Crippen molar-refractivity contribution < 1.29 is 14.3 Å². The summed E-state index contributed by atoms with van der Waals surface area (Å²) in [4.78, 5) is 17.7. The van der Waals surface area contributed by atoms with Gasteiger partial charge in [0.2, 0.25) is 0 Å². The predicted octanol–water partition coefficient (Wildman–Crippen LogP) is 3.33. The summed E-state index contributed by atoms with van der Waals surface area (Å²) in [7, 11) is 0. The lowest BCUT2D eigenvalue weighted by Gasteiger charge is -2.08. The Kier molecular flexibility index (Phi) is 4.58. The van der Waals surface area contributed by atoms with Gasteiger partial charge in [-0.2, -0.15) is 4.98 Å². The molecule has 0 N–H and O–H groups in total. The highest BCUT2D eigenvalue weighted by Gasteiger charge is 2.23. The Hall–Kier alpha value is -2.51. The van der Waals surface area contributed by atoms with Crippen LogP contribution in [0.2, 0.25) is 0 Å². The molecule has 1 fully saturated rings. The molecule has 1 aliphatic heterocycles. The zero-order chi connectivity index (χ0) is 17.1. The maximum absolute atomic E-state index is 12.4. The van der Waals surface area contributed by atoms with Crippen molar-refractivity contribution >= 4 is 17.3 Å². The summed E-state index contributed by atoms with van der Waals surface area (Å²) in [5, 5.41) is 6.35. The SMILES string of the molecule is O=C(OC[C@@H]1CCCO1)c1nc(-c2cccs2)n(-c2ccccc2)n1. The number of aromatic nitrogens is 3. The Morgan fingerprint density at radius 1 is 1.28 bits per heavy atom. The number of thiophene rings is 1. The molecule has 3 aromatic rings. The molecule has 4 rings (SSSR count). The number of para-hydroxylation sites is 1. The minimum Gasteiger partial charge on any atom is -0.457 e. The molecule has 1 aliphatic rings. The third-order valence-corrected chi connectivity index (χ3v) is 4.82. The van der Waals surface area contributed by atoms with E-state index in [2.05, 4.69) is 10.1 Å². The average Bonchev–Trinajstić information content (AvgIpc) is 3.41. The Morgan fingerprint density at radius 2 is 2.16 bits per heavy atom. The molecule has 0 spiro atoms. The summed E-state index contributed by atoms with van der Waals surface area (Å²) < 4.78 is 12.5. The highest BCUT2D eigenvalue weighted by molar-refractivity contribution is 7.13. The van der Waals surface area contributed by atoms with Gasteiger partial charge in [0.25, 0.3) is 5.82 Å². The van der Waals surface area contributed by atoms with Crippen LogP contribution in [0.15, 0.2) is 47.8 Å². The average molecular weight is 355 g/mol. The number of carbonyl (C=O) groups is 1. The summed E-state index contributed by atoms with van der Waals surface area (Å²) in [6.07, 6.45) is 1.91. The first-order valence-corrected chi connectivity index (χ1v) is 9.04. The lowest BCUT2D eigenvalue weighted by atomic mass is 10.2. The number of benzene rings is 1. The van der Waals surface area contributed by atoms with Crippen LogP contribution in [0.25, 0.3) is 16.4 Å². The van der Waals surface area contributed by atoms with Crippen LogP contribution in [-0.2, 0) is 9.47 Å². The Bertz CT molecular complexity index is 840. The van der Waals surface area contributed by atoms with E-state index < -0.39 is 5.97 Å². The zero-order valence-electron chi connectivity index (χ0n) is 13.5. The van der Waals surface area contributed by atoms with Gasteiger partial charge >= 0.3 is 5.97 Å². The summed E-state index contributed by atoms with van der Waals surface area (Å²) in [5.41, 5.74) is 0.844. The fraction of sp³-hybridized carbons (Fsp3) is 0.278. The van der Waals surface area contributed by atoms with Crippen molar-refractivity contribution in [2.75, 3.05) is 13.2 Å². The van der Waals surface area contributed by atoms with Crippen LogP contribution in [-0.4, -0.2) is 40.1 Å². The predicted molar refractivity (Wildman–Crippen MR) is 93.9 cm³/mol. The minimum absolute atomic E-state index is 0.0167. The maximum Gasteiger partial charge on any atom is 0.378 e. The van der Waals surface area contributed by atoms with E-state index in [0.717, 1.165) is 30.0 Å². The molecule has 0 radical (unpaired) electrons. The first-order chi connectivity index (χ1) is 12.3. The molecule has 0 unspecified atom stereocenters. The molecule has 0 bridgehead atoms. The fourth-order valence-corrected chi connectivity index (χ4v) is 3.42. The van der Waals surface area contributed by atoms with Gasteiger partial charge in [0.1, 0.15) is 6.61 Å². The fourth-order valence-electron chi connectivity index (χ4n) is 2.72. The van der Waals surface area contributed by atoms with Gasteiger partial charge in [-0.3, -0.25) is 0 Å². The van der Waals surface area contributed by atoms with E-state index in [-0.39, 0.29) is 18.5 Å². The van der Waals surface area contributed by atoms with Crippen LogP contribution in [0.5, 0.6) is 0 Å². The lowest BCUT2D eigenvalue weighted by Crippen LogP contribution is -2.18. The first kappa shape index (κ1) is 16.0. The van der Waals surface area contributed by atoms with E-state index in [4.69, 9.17) is 9.47 Å². The number of carbonyl (C=O) groups excluding carboxylic acids is 1. The van der Waals surface area contributed by atoms with Crippen LogP contribution < -0.4 is 0 Å². The van der Waals surface area contributed by atoms with Crippen LogP contribution in [0.1, 0.15) is 23.5 Å². The number of esters is 1. The quantitative estimate of drug-likeness (QED) is 0.657. The molecular formula is C18H17N3O3S. The summed E-state index contributed by atoms with van der Waals surface area (Å²) in [6.45, 7) is 0.971. The Morgan fingerprint density at radius 3 is 2.88 bits per heavy atom. The van der Waals surface area contributed by atoms with Gasteiger partial charge in [-0.15, -0.1) is 16.4 Å². The molecule has 2 aromatic heterocycles. The second-order valence-electron chi connectivity index (χ2n) is 5.72. The molecule has 1 saturated heterocycles. The molecular weight excluding hydrogens is 338 g/mol. The minimum atomic E-state index is -0.525. The molecule has 1 aromatic carbocycles. The lowest BCUT2D eigenvalue weighted by molar-refractivity contribution is 0.0151. The Balaban J connectivity index is 1.61. The van der Waals surface area contributed by atoms with Gasteiger partial charge < -0.3 is 9.47 Å². The first-order valence-electron chi connectivity index (χ1n) is 8.16. The molecule has 128 valence electrons. The second-order valence-corrected chi connectivity index (χ2v) is 6.66. The van der Waals surface area contributed by atoms with Gasteiger partial charge in [0.15, 0.2) is 5.82 Å².